The van der Waals surface area contributed by atoms with E-state index in [-0.39, 0.29) is 0 Å². The van der Waals surface area contributed by atoms with Crippen LogP contribution in [-0.4, -0.2) is 5.75 Å². The number of para-hydroxylation sites is 1. The predicted octanol–water partition coefficient (Wildman–Crippen LogP) is 8.59. The van der Waals surface area contributed by atoms with Gasteiger partial charge in [-0.15, -0.1) is 11.8 Å². The maximum atomic E-state index is 5.76. The summed E-state index contributed by atoms with van der Waals surface area (Å²) < 4.78 is 6.34. The number of benzene rings is 1. The first-order chi connectivity index (χ1) is 12.3. The molecule has 0 aliphatic rings. The normalized spacial score (nSPS) is 12.2. The molecule has 0 atom stereocenters. The Morgan fingerprint density at radius 2 is 1.88 bits per heavy atom. The maximum absolute atomic E-state index is 5.76. The van der Waals surface area contributed by atoms with Gasteiger partial charge in [0.05, 0.1) is 0 Å². The first kappa shape index (κ1) is 21.5. The highest BCUT2D eigenvalue weighted by Crippen LogP contribution is 2.33. The van der Waals surface area contributed by atoms with Crippen molar-refractivity contribution in [3.8, 4) is 0 Å². The van der Waals surface area contributed by atoms with Crippen LogP contribution in [-0.2, 0) is 0 Å². The summed E-state index contributed by atoms with van der Waals surface area (Å²) in [6.07, 6.45) is 7.94. The molecule has 0 saturated heterocycles. The standard InChI is InChI=1S/C23H34OS2/c1-17(2)12-14-23(4,5)13-7-6-8-15-26-20-16-21(25)24-22-18(3)10-9-11-19(20)22/h9-11,16-17H,6-8,12-15H2,1-5H3. The molecule has 144 valence electrons. The minimum atomic E-state index is 0.489. The van der Waals surface area contributed by atoms with Crippen molar-refractivity contribution in [2.45, 2.75) is 78.0 Å². The smallest absolute Gasteiger partial charge is 0.191 e. The van der Waals surface area contributed by atoms with Crippen LogP contribution in [0.2, 0.25) is 0 Å². The van der Waals surface area contributed by atoms with Crippen molar-refractivity contribution in [3.63, 3.8) is 0 Å². The van der Waals surface area contributed by atoms with Crippen molar-refractivity contribution < 1.29 is 4.42 Å². The zero-order valence-electron chi connectivity index (χ0n) is 17.1. The van der Waals surface area contributed by atoms with Crippen molar-refractivity contribution in [2.75, 3.05) is 5.75 Å². The van der Waals surface area contributed by atoms with E-state index in [9.17, 15) is 0 Å². The molecule has 0 fully saturated rings. The van der Waals surface area contributed by atoms with Gasteiger partial charge in [0.1, 0.15) is 5.58 Å². The third-order valence-electron chi connectivity index (χ3n) is 5.08. The molecule has 0 unspecified atom stereocenters. The predicted molar refractivity (Wildman–Crippen MR) is 119 cm³/mol. The number of unbranched alkanes of at least 4 members (excludes halogenated alkanes) is 2. The van der Waals surface area contributed by atoms with E-state index < -0.39 is 0 Å². The van der Waals surface area contributed by atoms with Crippen LogP contribution < -0.4 is 0 Å². The van der Waals surface area contributed by atoms with Crippen LogP contribution >= 0.6 is 24.0 Å². The Labute approximate surface area is 169 Å². The summed E-state index contributed by atoms with van der Waals surface area (Å²) in [4.78, 5) is 1.26. The molecule has 1 nitrogen and oxygen atoms in total. The largest absolute Gasteiger partial charge is 0.445 e. The Hall–Kier alpha value is -0.800. The van der Waals surface area contributed by atoms with Crippen LogP contribution in [0.4, 0.5) is 0 Å². The van der Waals surface area contributed by atoms with Gasteiger partial charge < -0.3 is 4.42 Å². The zero-order chi connectivity index (χ0) is 19.2. The SMILES string of the molecule is Cc1cccc2c(SCCCCCC(C)(C)CCC(C)C)cc(=S)oc12. The van der Waals surface area contributed by atoms with Crippen molar-refractivity contribution in [1.82, 2.24) is 0 Å². The zero-order valence-corrected chi connectivity index (χ0v) is 18.7. The van der Waals surface area contributed by atoms with Gasteiger partial charge >= 0.3 is 0 Å². The molecule has 0 radical (unpaired) electrons. The second-order valence-corrected chi connectivity index (χ2v) is 10.2. The fraction of sp³-hybridized carbons (Fsp3) is 0.609. The summed E-state index contributed by atoms with van der Waals surface area (Å²) in [7, 11) is 0. The Morgan fingerprint density at radius 1 is 1.12 bits per heavy atom. The summed E-state index contributed by atoms with van der Waals surface area (Å²) in [6.45, 7) is 11.6. The molecular weight excluding hydrogens is 356 g/mol. The van der Waals surface area contributed by atoms with Gasteiger partial charge in [0.2, 0.25) is 0 Å². The van der Waals surface area contributed by atoms with E-state index in [1.807, 2.05) is 17.8 Å². The van der Waals surface area contributed by atoms with E-state index in [1.165, 1.54) is 48.8 Å². The Bertz CT molecular complexity index is 758. The maximum Gasteiger partial charge on any atom is 0.191 e. The average molecular weight is 391 g/mol. The molecule has 1 aromatic heterocycles. The first-order valence-electron chi connectivity index (χ1n) is 9.95. The number of hydrogen-bond donors (Lipinski definition) is 0. The van der Waals surface area contributed by atoms with Crippen molar-refractivity contribution in [2.24, 2.45) is 11.3 Å². The van der Waals surface area contributed by atoms with E-state index in [4.69, 9.17) is 16.6 Å². The van der Waals surface area contributed by atoms with Gasteiger partial charge in [0.25, 0.3) is 0 Å². The van der Waals surface area contributed by atoms with E-state index in [2.05, 4.69) is 52.8 Å². The van der Waals surface area contributed by atoms with E-state index in [0.717, 1.165) is 22.8 Å². The molecule has 0 amide bonds. The summed E-state index contributed by atoms with van der Waals surface area (Å²) in [5.74, 6) is 1.96. The molecule has 1 aromatic carbocycles. The minimum Gasteiger partial charge on any atom is -0.445 e. The van der Waals surface area contributed by atoms with E-state index in [0.29, 0.717) is 10.1 Å². The summed E-state index contributed by atoms with van der Waals surface area (Å²) >= 11 is 7.23. The second kappa shape index (κ2) is 9.94. The molecule has 0 aliphatic heterocycles. The molecule has 2 aromatic rings. The highest BCUT2D eigenvalue weighted by Gasteiger charge is 2.17. The molecule has 0 N–H and O–H groups in total. The summed E-state index contributed by atoms with van der Waals surface area (Å²) in [6, 6.07) is 8.33. The fourth-order valence-corrected chi connectivity index (χ4v) is 4.64. The van der Waals surface area contributed by atoms with Crippen molar-refractivity contribution >= 4 is 34.9 Å². The Kier molecular flexibility index (Phi) is 8.22. The molecule has 0 spiro atoms. The summed E-state index contributed by atoms with van der Waals surface area (Å²) in [5, 5.41) is 1.19. The van der Waals surface area contributed by atoms with Crippen LogP contribution in [0, 0.1) is 23.0 Å². The highest BCUT2D eigenvalue weighted by atomic mass is 32.2. The minimum absolute atomic E-state index is 0.489. The molecule has 0 bridgehead atoms. The average Bonchev–Trinajstić information content (AvgIpc) is 2.57. The lowest BCUT2D eigenvalue weighted by Gasteiger charge is -2.25. The first-order valence-corrected chi connectivity index (χ1v) is 11.3. The van der Waals surface area contributed by atoms with Gasteiger partial charge in [-0.1, -0.05) is 65.2 Å². The second-order valence-electron chi connectivity index (χ2n) is 8.64. The van der Waals surface area contributed by atoms with Gasteiger partial charge in [-0.05, 0) is 61.1 Å². The van der Waals surface area contributed by atoms with Crippen molar-refractivity contribution in [1.29, 1.82) is 0 Å². The Balaban J connectivity index is 1.80. The number of hydrogen-bond acceptors (Lipinski definition) is 3. The highest BCUT2D eigenvalue weighted by molar-refractivity contribution is 7.99. The molecular formula is C23H34OS2. The lowest BCUT2D eigenvalue weighted by atomic mass is 9.81. The topological polar surface area (TPSA) is 13.1 Å². The monoisotopic (exact) mass is 390 g/mol. The molecule has 1 heterocycles. The van der Waals surface area contributed by atoms with Crippen LogP contribution in [0.1, 0.15) is 71.8 Å². The Morgan fingerprint density at radius 3 is 2.62 bits per heavy atom. The number of aryl methyl sites for hydroxylation is 1. The molecule has 0 saturated carbocycles. The van der Waals surface area contributed by atoms with Gasteiger partial charge in [0.15, 0.2) is 4.71 Å². The fourth-order valence-electron chi connectivity index (χ4n) is 3.29. The van der Waals surface area contributed by atoms with Crippen molar-refractivity contribution in [3.05, 3.63) is 34.5 Å². The van der Waals surface area contributed by atoms with Crippen LogP contribution in [0.5, 0.6) is 0 Å². The number of rotatable bonds is 10. The molecule has 0 aliphatic carbocycles. The third kappa shape index (κ3) is 6.74. The quantitative estimate of drug-likeness (QED) is 0.229. The van der Waals surface area contributed by atoms with Gasteiger partial charge in [0, 0.05) is 16.3 Å². The van der Waals surface area contributed by atoms with Gasteiger partial charge in [-0.25, -0.2) is 0 Å². The molecule has 3 heteroatoms. The van der Waals surface area contributed by atoms with E-state index >= 15 is 0 Å². The summed E-state index contributed by atoms with van der Waals surface area (Å²) in [5.41, 5.74) is 2.58. The van der Waals surface area contributed by atoms with Crippen LogP contribution in [0.3, 0.4) is 0 Å². The number of fused-ring (bicyclic) bond motifs is 1. The van der Waals surface area contributed by atoms with E-state index in [1.54, 1.807) is 0 Å². The van der Waals surface area contributed by atoms with Crippen LogP contribution in [0.15, 0.2) is 33.6 Å². The number of thioether (sulfide) groups is 1. The third-order valence-corrected chi connectivity index (χ3v) is 6.43. The molecule has 26 heavy (non-hydrogen) atoms. The molecule has 2 rings (SSSR count). The lowest BCUT2D eigenvalue weighted by molar-refractivity contribution is 0.272. The van der Waals surface area contributed by atoms with Crippen LogP contribution in [0.25, 0.3) is 11.0 Å². The lowest BCUT2D eigenvalue weighted by Crippen LogP contribution is -2.12. The van der Waals surface area contributed by atoms with Gasteiger partial charge in [-0.3, -0.25) is 0 Å². The van der Waals surface area contributed by atoms with Gasteiger partial charge in [-0.2, -0.15) is 0 Å².